The lowest BCUT2D eigenvalue weighted by atomic mass is 9.81. The van der Waals surface area contributed by atoms with Gasteiger partial charge in [-0.3, -0.25) is 14.3 Å². The zero-order valence-electron chi connectivity index (χ0n) is 31.7. The molecule has 0 spiro atoms. The van der Waals surface area contributed by atoms with Crippen molar-refractivity contribution in [2.24, 2.45) is 0 Å². The summed E-state index contributed by atoms with van der Waals surface area (Å²) in [5.74, 6) is 0.479. The van der Waals surface area contributed by atoms with Gasteiger partial charge in [-0.05, 0) is 118 Å². The first-order valence-corrected chi connectivity index (χ1v) is 21.3. The van der Waals surface area contributed by atoms with Crippen molar-refractivity contribution in [1.29, 1.82) is 0 Å². The van der Waals surface area contributed by atoms with Crippen LogP contribution in [-0.4, -0.2) is 77.0 Å². The van der Waals surface area contributed by atoms with Gasteiger partial charge in [-0.15, -0.1) is 0 Å². The van der Waals surface area contributed by atoms with Gasteiger partial charge in [0, 0.05) is 47.2 Å². The minimum absolute atomic E-state index is 0.0453. The van der Waals surface area contributed by atoms with Gasteiger partial charge in [0.05, 0.1) is 47.6 Å². The Morgan fingerprint density at radius 3 is 2.44 bits per heavy atom. The summed E-state index contributed by atoms with van der Waals surface area (Å²) in [7, 11) is -2.15. The number of hydrogen-bond donors (Lipinski definition) is 2. The summed E-state index contributed by atoms with van der Waals surface area (Å²) in [4.78, 5) is 30.4. The summed E-state index contributed by atoms with van der Waals surface area (Å²) in [6.45, 7) is 7.04. The van der Waals surface area contributed by atoms with Crippen LogP contribution in [0.1, 0.15) is 127 Å². The Morgan fingerprint density at radius 2 is 1.78 bits per heavy atom. The number of sulfonamides is 1. The maximum absolute atomic E-state index is 14.7. The average molecular weight is 751 g/mol. The Bertz CT molecular complexity index is 2330. The molecule has 2 aliphatic carbocycles. The highest BCUT2D eigenvalue weighted by molar-refractivity contribution is 7.90. The molecule has 284 valence electrons. The van der Waals surface area contributed by atoms with Gasteiger partial charge in [0.2, 0.25) is 10.0 Å². The van der Waals surface area contributed by atoms with E-state index in [1.807, 2.05) is 25.1 Å². The zero-order chi connectivity index (χ0) is 37.5. The third-order valence-corrected chi connectivity index (χ3v) is 14.5. The Labute approximate surface area is 317 Å². The van der Waals surface area contributed by atoms with Crippen LogP contribution >= 0.6 is 0 Å². The van der Waals surface area contributed by atoms with Crippen LogP contribution in [-0.2, 0) is 16.6 Å². The number of carbonyl (C=O) groups excluding carboxylic acids is 2. The van der Waals surface area contributed by atoms with Crippen LogP contribution in [0.5, 0.6) is 5.75 Å². The number of amides is 2. The van der Waals surface area contributed by atoms with Crippen LogP contribution in [0.4, 0.5) is 0 Å². The number of allylic oxidation sites excluding steroid dienone is 1. The second-order valence-corrected chi connectivity index (χ2v) is 18.6. The second kappa shape index (κ2) is 13.4. The fourth-order valence-corrected chi connectivity index (χ4v) is 10.2. The highest BCUT2D eigenvalue weighted by Gasteiger charge is 2.43. The Kier molecular flexibility index (Phi) is 8.76. The fraction of sp³-hybridized carbons (Fsp3) is 0.500. The highest BCUT2D eigenvalue weighted by atomic mass is 32.2. The highest BCUT2D eigenvalue weighted by Crippen LogP contribution is 2.49. The third kappa shape index (κ3) is 5.79. The first-order valence-electron chi connectivity index (χ1n) is 19.8. The summed E-state index contributed by atoms with van der Waals surface area (Å²) in [6, 6.07) is 12.6. The molecule has 2 bridgehead atoms. The largest absolute Gasteiger partial charge is 0.497 e. The molecule has 0 unspecified atom stereocenters. The van der Waals surface area contributed by atoms with E-state index >= 15 is 0 Å². The Balaban J connectivity index is 1.27. The summed E-state index contributed by atoms with van der Waals surface area (Å²) >= 11 is 0. The van der Waals surface area contributed by atoms with Crippen LogP contribution in [0.15, 0.2) is 36.4 Å². The van der Waals surface area contributed by atoms with Crippen molar-refractivity contribution >= 4 is 44.4 Å². The van der Waals surface area contributed by atoms with Gasteiger partial charge in [0.15, 0.2) is 0 Å². The molecule has 2 saturated heterocycles. The lowest BCUT2D eigenvalue weighted by Crippen LogP contribution is -2.46. The standard InChI is InChI=1S/C42H50N6O5S/c1-24(2)54(51,52)45-41(49)27-13-15-35-36(19-27)47-22-29(17-28-18-33(53-4)14-16-34(28)40(47)38(35)26-9-6-5-7-10-26)39-37(25(3)44-48(39)31-11-8-12-31)42(50)46-23-30-20-32(46)21-43-30/h13-19,24,26,30-32,43H,5-12,20-23H2,1-4H3,(H,45,49)/t30-,32-/m0/s1. The molecule has 5 heterocycles. The van der Waals surface area contributed by atoms with E-state index in [2.05, 4.69) is 42.4 Å². The number of benzene rings is 2. The number of likely N-dealkylation sites (tertiary alicyclic amines) is 1. The number of nitrogens with one attached hydrogen (secondary N) is 2. The molecule has 0 radical (unpaired) electrons. The number of aryl methyl sites for hydroxylation is 1. The third-order valence-electron chi connectivity index (χ3n) is 12.7. The molecule has 54 heavy (non-hydrogen) atoms. The number of methoxy groups -OCH3 is 1. The number of carbonyl (C=O) groups is 2. The van der Waals surface area contributed by atoms with Crippen molar-refractivity contribution in [2.45, 2.75) is 114 Å². The molecular formula is C42H50N6O5S. The van der Waals surface area contributed by atoms with Crippen LogP contribution in [0.2, 0.25) is 0 Å². The first-order chi connectivity index (χ1) is 26.0. The minimum Gasteiger partial charge on any atom is -0.497 e. The molecule has 2 aromatic carbocycles. The van der Waals surface area contributed by atoms with Gasteiger partial charge >= 0.3 is 0 Å². The van der Waals surface area contributed by atoms with E-state index in [-0.39, 0.29) is 23.6 Å². The first kappa shape index (κ1) is 35.3. The predicted molar refractivity (Wildman–Crippen MR) is 210 cm³/mol. The number of aromatic nitrogens is 3. The quantitative estimate of drug-likeness (QED) is 0.203. The maximum Gasteiger partial charge on any atom is 0.264 e. The van der Waals surface area contributed by atoms with E-state index in [4.69, 9.17) is 9.84 Å². The summed E-state index contributed by atoms with van der Waals surface area (Å²) in [5, 5.41) is 9.00. The summed E-state index contributed by atoms with van der Waals surface area (Å²) in [5.41, 5.74) is 8.89. The van der Waals surface area contributed by atoms with Crippen molar-refractivity contribution in [3.8, 4) is 17.0 Å². The maximum atomic E-state index is 14.7. The molecule has 4 aromatic rings. The van der Waals surface area contributed by atoms with Gasteiger partial charge in [0.1, 0.15) is 5.75 Å². The van der Waals surface area contributed by atoms with Crippen molar-refractivity contribution in [3.05, 3.63) is 70.0 Å². The lowest BCUT2D eigenvalue weighted by Gasteiger charge is -2.30. The van der Waals surface area contributed by atoms with Crippen molar-refractivity contribution in [3.63, 3.8) is 0 Å². The molecule has 11 nitrogen and oxygen atoms in total. The van der Waals surface area contributed by atoms with E-state index < -0.39 is 21.2 Å². The lowest BCUT2D eigenvalue weighted by molar-refractivity contribution is 0.0714. The predicted octanol–water partition coefficient (Wildman–Crippen LogP) is 6.80. The molecule has 2 atom stereocenters. The smallest absolute Gasteiger partial charge is 0.264 e. The van der Waals surface area contributed by atoms with Gasteiger partial charge in [0.25, 0.3) is 11.8 Å². The molecule has 2 aromatic heterocycles. The zero-order valence-corrected chi connectivity index (χ0v) is 32.5. The molecule has 2 amide bonds. The van der Waals surface area contributed by atoms with E-state index in [0.29, 0.717) is 30.6 Å². The topological polar surface area (TPSA) is 128 Å². The van der Waals surface area contributed by atoms with Crippen LogP contribution in [0.3, 0.4) is 0 Å². The fourth-order valence-electron chi connectivity index (χ4n) is 9.59. The minimum atomic E-state index is -3.83. The number of rotatable bonds is 8. The normalized spacial score (nSPS) is 21.5. The molecule has 9 rings (SSSR count). The van der Waals surface area contributed by atoms with Crippen LogP contribution in [0, 0.1) is 6.92 Å². The number of hydrogen-bond acceptors (Lipinski definition) is 7. The van der Waals surface area contributed by atoms with Gasteiger partial charge in [-0.25, -0.2) is 13.1 Å². The van der Waals surface area contributed by atoms with Crippen LogP contribution < -0.4 is 14.8 Å². The number of nitrogens with zero attached hydrogens (tertiary/aromatic N) is 4. The van der Waals surface area contributed by atoms with Crippen molar-refractivity contribution in [1.82, 2.24) is 29.3 Å². The van der Waals surface area contributed by atoms with Gasteiger partial charge < -0.3 is 19.5 Å². The number of piperazine rings is 1. The molecule has 2 saturated carbocycles. The number of fused-ring (bicyclic) bond motifs is 7. The Hall–Kier alpha value is -4.42. The summed E-state index contributed by atoms with van der Waals surface area (Å²) < 4.78 is 38.1. The van der Waals surface area contributed by atoms with Crippen molar-refractivity contribution < 1.29 is 22.7 Å². The Morgan fingerprint density at radius 1 is 0.981 bits per heavy atom. The van der Waals surface area contributed by atoms with Crippen molar-refractivity contribution in [2.75, 3.05) is 20.2 Å². The molecule has 3 aliphatic heterocycles. The van der Waals surface area contributed by atoms with E-state index in [0.717, 1.165) is 108 Å². The number of ether oxygens (including phenoxy) is 1. The van der Waals surface area contributed by atoms with E-state index in [9.17, 15) is 18.0 Å². The molecule has 2 N–H and O–H groups in total. The molecular weight excluding hydrogens is 701 g/mol. The molecule has 5 aliphatic rings. The van der Waals surface area contributed by atoms with Gasteiger partial charge in [-0.2, -0.15) is 5.10 Å². The SMILES string of the molecule is COc1ccc2c(c1)C=C(c1c(C(=O)N3C[C@@H]4C[C@H]3CN4)c(C)nn1C1CCC1)Cn1c-2c(C2CCCCC2)c2ccc(C(=O)NS(=O)(=O)C(C)C)cc21. The average Bonchev–Trinajstić information content (AvgIpc) is 3.90. The monoisotopic (exact) mass is 750 g/mol. The van der Waals surface area contributed by atoms with E-state index in [1.54, 1.807) is 27.0 Å². The van der Waals surface area contributed by atoms with Crippen LogP contribution in [0.25, 0.3) is 33.8 Å². The molecule has 12 heteroatoms. The second-order valence-electron chi connectivity index (χ2n) is 16.4. The van der Waals surface area contributed by atoms with E-state index in [1.165, 1.54) is 12.0 Å². The van der Waals surface area contributed by atoms with Gasteiger partial charge in [-0.1, -0.05) is 25.3 Å². The molecule has 4 fully saturated rings. The summed E-state index contributed by atoms with van der Waals surface area (Å²) in [6.07, 6.45) is 12.0.